The van der Waals surface area contributed by atoms with E-state index in [0.29, 0.717) is 29.5 Å². The maximum Gasteiger partial charge on any atom is 0.272 e. The van der Waals surface area contributed by atoms with Gasteiger partial charge in [0.25, 0.3) is 5.56 Å². The van der Waals surface area contributed by atoms with Crippen LogP contribution >= 0.6 is 23.1 Å². The maximum absolute atomic E-state index is 12.9. The average Bonchev–Trinajstić information content (AvgIpc) is 3.31. The van der Waals surface area contributed by atoms with Gasteiger partial charge in [-0.25, -0.2) is 4.98 Å². The van der Waals surface area contributed by atoms with E-state index >= 15 is 0 Å². The first-order valence-corrected chi connectivity index (χ1v) is 12.7. The van der Waals surface area contributed by atoms with E-state index in [4.69, 9.17) is 4.74 Å². The summed E-state index contributed by atoms with van der Waals surface area (Å²) in [5.74, 6) is 1.22. The Morgan fingerprint density at radius 2 is 1.91 bits per heavy atom. The molecule has 0 unspecified atom stereocenters. The summed E-state index contributed by atoms with van der Waals surface area (Å²) in [4.78, 5) is 34.6. The summed E-state index contributed by atoms with van der Waals surface area (Å²) in [5, 5.41) is 2.53. The SMILES string of the molecule is CCCCn1c(SCC(=O)N2CCN(c3ccc(OC)cc3)CC2)nc2ccsc2c1=O. The van der Waals surface area contributed by atoms with Crippen molar-refractivity contribution in [2.75, 3.05) is 43.9 Å². The van der Waals surface area contributed by atoms with E-state index in [2.05, 4.69) is 16.8 Å². The van der Waals surface area contributed by atoms with Gasteiger partial charge in [0, 0.05) is 38.4 Å². The van der Waals surface area contributed by atoms with Crippen molar-refractivity contribution in [1.82, 2.24) is 14.5 Å². The number of methoxy groups -OCH3 is 1. The standard InChI is InChI=1S/C23H28N4O3S2/c1-3-4-10-27-22(29)21-19(9-15-31-21)24-23(27)32-16-20(28)26-13-11-25(12-14-26)17-5-7-18(30-2)8-6-17/h5-9,15H,3-4,10-14,16H2,1-2H3. The number of thioether (sulfide) groups is 1. The van der Waals surface area contributed by atoms with Gasteiger partial charge in [-0.1, -0.05) is 25.1 Å². The van der Waals surface area contributed by atoms with Gasteiger partial charge >= 0.3 is 0 Å². The topological polar surface area (TPSA) is 67.7 Å². The van der Waals surface area contributed by atoms with Gasteiger partial charge in [-0.15, -0.1) is 11.3 Å². The Balaban J connectivity index is 1.38. The number of carbonyl (C=O) groups is 1. The van der Waals surface area contributed by atoms with Crippen LogP contribution in [0.3, 0.4) is 0 Å². The Morgan fingerprint density at radius 3 is 2.59 bits per heavy atom. The number of fused-ring (bicyclic) bond motifs is 1. The Kier molecular flexibility index (Phi) is 7.36. The number of hydrogen-bond donors (Lipinski definition) is 0. The number of unbranched alkanes of at least 4 members (excludes halogenated alkanes) is 1. The minimum absolute atomic E-state index is 0.00139. The van der Waals surface area contributed by atoms with Crippen LogP contribution < -0.4 is 15.2 Å². The van der Waals surface area contributed by atoms with Crippen LogP contribution in [0.2, 0.25) is 0 Å². The fourth-order valence-electron chi connectivity index (χ4n) is 3.77. The molecular formula is C23H28N4O3S2. The molecule has 170 valence electrons. The molecular weight excluding hydrogens is 444 g/mol. The van der Waals surface area contributed by atoms with E-state index < -0.39 is 0 Å². The maximum atomic E-state index is 12.9. The molecule has 1 fully saturated rings. The third-order valence-electron chi connectivity index (χ3n) is 5.66. The van der Waals surface area contributed by atoms with E-state index in [1.54, 1.807) is 11.7 Å². The molecule has 3 heterocycles. The van der Waals surface area contributed by atoms with Crippen LogP contribution in [0.15, 0.2) is 45.7 Å². The number of hydrogen-bond acceptors (Lipinski definition) is 7. The van der Waals surface area contributed by atoms with Crippen molar-refractivity contribution >= 4 is 44.9 Å². The highest BCUT2D eigenvalue weighted by molar-refractivity contribution is 7.99. The Labute approximate surface area is 196 Å². The van der Waals surface area contributed by atoms with Gasteiger partial charge in [0.1, 0.15) is 10.4 Å². The number of nitrogens with zero attached hydrogens (tertiary/aromatic N) is 4. The van der Waals surface area contributed by atoms with Crippen molar-refractivity contribution in [2.24, 2.45) is 0 Å². The van der Waals surface area contributed by atoms with Crippen LogP contribution in [-0.4, -0.2) is 59.4 Å². The molecule has 4 rings (SSSR count). The number of piperazine rings is 1. The molecule has 0 saturated carbocycles. The number of amides is 1. The smallest absolute Gasteiger partial charge is 0.272 e. The van der Waals surface area contributed by atoms with Gasteiger partial charge in [0.05, 0.1) is 18.4 Å². The van der Waals surface area contributed by atoms with Crippen molar-refractivity contribution in [3.8, 4) is 5.75 Å². The molecule has 0 bridgehead atoms. The molecule has 9 heteroatoms. The average molecular weight is 473 g/mol. The zero-order chi connectivity index (χ0) is 22.5. The molecule has 3 aromatic rings. The molecule has 1 aliphatic heterocycles. The van der Waals surface area contributed by atoms with Gasteiger partial charge in [-0.2, -0.15) is 0 Å². The number of anilines is 1. The van der Waals surface area contributed by atoms with Crippen LogP contribution in [0.1, 0.15) is 19.8 Å². The Hall–Kier alpha value is -2.52. The third kappa shape index (κ3) is 4.94. The van der Waals surface area contributed by atoms with Gasteiger partial charge in [-0.05, 0) is 42.1 Å². The van der Waals surface area contributed by atoms with E-state index in [0.717, 1.165) is 42.9 Å². The van der Waals surface area contributed by atoms with Crippen LogP contribution in [0.25, 0.3) is 10.2 Å². The monoisotopic (exact) mass is 472 g/mol. The Morgan fingerprint density at radius 1 is 1.16 bits per heavy atom. The first-order valence-electron chi connectivity index (χ1n) is 10.9. The number of carbonyl (C=O) groups excluding carboxylic acids is 1. The van der Waals surface area contributed by atoms with Crippen LogP contribution in [-0.2, 0) is 11.3 Å². The molecule has 0 spiro atoms. The van der Waals surface area contributed by atoms with E-state index in [9.17, 15) is 9.59 Å². The van der Waals surface area contributed by atoms with Crippen LogP contribution in [0, 0.1) is 0 Å². The second-order valence-electron chi connectivity index (χ2n) is 7.69. The second-order valence-corrected chi connectivity index (χ2v) is 9.55. The molecule has 1 aromatic carbocycles. The lowest BCUT2D eigenvalue weighted by atomic mass is 10.2. The molecule has 0 aliphatic carbocycles. The number of aromatic nitrogens is 2. The Bertz CT molecular complexity index is 1120. The quantitative estimate of drug-likeness (QED) is 0.368. The predicted octanol–water partition coefficient (Wildman–Crippen LogP) is 3.71. The lowest BCUT2D eigenvalue weighted by Crippen LogP contribution is -2.49. The van der Waals surface area contributed by atoms with Crippen molar-refractivity contribution in [1.29, 1.82) is 0 Å². The zero-order valence-electron chi connectivity index (χ0n) is 18.5. The highest BCUT2D eigenvalue weighted by atomic mass is 32.2. The minimum atomic E-state index is 0.00139. The first kappa shape index (κ1) is 22.7. The number of benzene rings is 1. The van der Waals surface area contributed by atoms with E-state index in [-0.39, 0.29) is 17.2 Å². The molecule has 7 nitrogen and oxygen atoms in total. The summed E-state index contributed by atoms with van der Waals surface area (Å²) in [7, 11) is 1.66. The zero-order valence-corrected chi connectivity index (χ0v) is 20.1. The fraction of sp³-hybridized carbons (Fsp3) is 0.435. The van der Waals surface area contributed by atoms with E-state index in [1.165, 1.54) is 23.1 Å². The summed E-state index contributed by atoms with van der Waals surface area (Å²) in [6.45, 7) is 5.69. The highest BCUT2D eigenvalue weighted by Crippen LogP contribution is 2.23. The molecule has 32 heavy (non-hydrogen) atoms. The third-order valence-corrected chi connectivity index (χ3v) is 7.51. The molecule has 1 amide bonds. The van der Waals surface area contributed by atoms with Crippen LogP contribution in [0.4, 0.5) is 5.69 Å². The molecule has 0 atom stereocenters. The van der Waals surface area contributed by atoms with Gasteiger partial charge in [-0.3, -0.25) is 14.2 Å². The number of thiophene rings is 1. The molecule has 2 aromatic heterocycles. The predicted molar refractivity (Wildman–Crippen MR) is 131 cm³/mol. The molecule has 0 N–H and O–H groups in total. The summed E-state index contributed by atoms with van der Waals surface area (Å²) < 4.78 is 7.65. The number of ether oxygens (including phenoxy) is 1. The van der Waals surface area contributed by atoms with Crippen molar-refractivity contribution in [3.05, 3.63) is 46.1 Å². The van der Waals surface area contributed by atoms with Gasteiger partial charge < -0.3 is 14.5 Å². The van der Waals surface area contributed by atoms with Gasteiger partial charge in [0.15, 0.2) is 5.16 Å². The molecule has 1 aliphatic rings. The summed E-state index contributed by atoms with van der Waals surface area (Å²) >= 11 is 2.80. The summed E-state index contributed by atoms with van der Waals surface area (Å²) in [6.07, 6.45) is 1.91. The highest BCUT2D eigenvalue weighted by Gasteiger charge is 2.22. The normalized spacial score (nSPS) is 14.2. The molecule has 0 radical (unpaired) electrons. The summed E-state index contributed by atoms with van der Waals surface area (Å²) in [5.41, 5.74) is 1.86. The fourth-order valence-corrected chi connectivity index (χ4v) is 5.48. The van der Waals surface area contributed by atoms with Crippen molar-refractivity contribution in [2.45, 2.75) is 31.5 Å². The van der Waals surface area contributed by atoms with Crippen molar-refractivity contribution in [3.63, 3.8) is 0 Å². The van der Waals surface area contributed by atoms with Gasteiger partial charge in [0.2, 0.25) is 5.91 Å². The van der Waals surface area contributed by atoms with Crippen LogP contribution in [0.5, 0.6) is 5.75 Å². The van der Waals surface area contributed by atoms with E-state index in [1.807, 2.05) is 40.6 Å². The largest absolute Gasteiger partial charge is 0.497 e. The first-order chi connectivity index (χ1) is 15.6. The van der Waals surface area contributed by atoms with Crippen molar-refractivity contribution < 1.29 is 9.53 Å². The lowest BCUT2D eigenvalue weighted by molar-refractivity contribution is -0.128. The lowest BCUT2D eigenvalue weighted by Gasteiger charge is -2.36. The minimum Gasteiger partial charge on any atom is -0.497 e. The molecule has 1 saturated heterocycles. The summed E-state index contributed by atoms with van der Waals surface area (Å²) in [6, 6.07) is 9.88. The second kappa shape index (κ2) is 10.4. The number of rotatable bonds is 8.